The molecule has 0 saturated carbocycles. The third-order valence-corrected chi connectivity index (χ3v) is 5.12. The van der Waals surface area contributed by atoms with Gasteiger partial charge < -0.3 is 9.80 Å². The largest absolute Gasteiger partial charge is 0.338 e. The summed E-state index contributed by atoms with van der Waals surface area (Å²) in [5.41, 5.74) is 3.94. The minimum Gasteiger partial charge on any atom is -0.338 e. The molecule has 3 heteroatoms. The van der Waals surface area contributed by atoms with Crippen LogP contribution in [0.5, 0.6) is 0 Å². The van der Waals surface area contributed by atoms with Gasteiger partial charge in [-0.2, -0.15) is 0 Å². The maximum absolute atomic E-state index is 2.30. The lowest BCUT2D eigenvalue weighted by Crippen LogP contribution is -3.09. The number of hydrogen-bond acceptors (Lipinski definition) is 2. The molecule has 104 valence electrons. The molecule has 1 aromatic carbocycles. The van der Waals surface area contributed by atoms with Crippen LogP contribution in [0, 0.1) is 6.92 Å². The highest BCUT2D eigenvalue weighted by Gasteiger charge is 2.24. The highest BCUT2D eigenvalue weighted by atomic mass is 32.2. The van der Waals surface area contributed by atoms with Crippen molar-refractivity contribution in [2.24, 2.45) is 0 Å². The van der Waals surface area contributed by atoms with E-state index in [4.69, 9.17) is 0 Å². The lowest BCUT2D eigenvalue weighted by atomic mass is 10.1. The minimum absolute atomic E-state index is 0.487. The Morgan fingerprint density at radius 1 is 1.15 bits per heavy atom. The Morgan fingerprint density at radius 3 is 2.50 bits per heavy atom. The molecule has 0 unspecified atom stereocenters. The number of rotatable bonds is 1. The number of likely N-dealkylation sites (N-methyl/N-ethyl adjacent to an activating group) is 1. The predicted octanol–water partition coefficient (Wildman–Crippen LogP) is 2.39. The normalized spacial score (nSPS) is 21.1. The SMILES string of the molecule is Cc1ccc2c(c1)SC(=C1C=CC([NH+](C)C)C=C1)N2C. The summed E-state index contributed by atoms with van der Waals surface area (Å²) in [6.07, 6.45) is 9.10. The second-order valence-electron chi connectivity index (χ2n) is 5.71. The highest BCUT2D eigenvalue weighted by Crippen LogP contribution is 2.47. The maximum Gasteiger partial charge on any atom is 0.125 e. The molecule has 0 saturated heterocycles. The molecule has 0 fully saturated rings. The monoisotopic (exact) mass is 285 g/mol. The Bertz CT molecular complexity index is 610. The van der Waals surface area contributed by atoms with E-state index in [1.807, 2.05) is 11.8 Å². The number of nitrogens with one attached hydrogen (secondary N) is 1. The van der Waals surface area contributed by atoms with Crippen LogP contribution in [-0.2, 0) is 0 Å². The van der Waals surface area contributed by atoms with E-state index in [0.717, 1.165) is 0 Å². The van der Waals surface area contributed by atoms with Gasteiger partial charge in [-0.1, -0.05) is 30.0 Å². The van der Waals surface area contributed by atoms with E-state index in [1.165, 1.54) is 31.6 Å². The molecular weight excluding hydrogens is 264 g/mol. The van der Waals surface area contributed by atoms with Gasteiger partial charge in [-0.05, 0) is 36.8 Å². The second kappa shape index (κ2) is 5.15. The number of hydrogen-bond donors (Lipinski definition) is 1. The van der Waals surface area contributed by atoms with Crippen molar-refractivity contribution in [3.05, 3.63) is 58.7 Å². The number of nitrogens with zero attached hydrogens (tertiary/aromatic N) is 1. The molecule has 0 amide bonds. The molecule has 1 N–H and O–H groups in total. The maximum atomic E-state index is 2.30. The lowest BCUT2D eigenvalue weighted by molar-refractivity contribution is -0.871. The number of benzene rings is 1. The average Bonchev–Trinajstić information content (AvgIpc) is 2.75. The zero-order chi connectivity index (χ0) is 14.3. The second-order valence-corrected chi connectivity index (χ2v) is 6.74. The molecule has 0 spiro atoms. The first-order valence-electron chi connectivity index (χ1n) is 6.99. The summed E-state index contributed by atoms with van der Waals surface area (Å²) < 4.78 is 0. The highest BCUT2D eigenvalue weighted by molar-refractivity contribution is 8.03. The molecule has 0 aromatic heterocycles. The number of aryl methyl sites for hydroxylation is 1. The first-order chi connectivity index (χ1) is 9.56. The van der Waals surface area contributed by atoms with Crippen molar-refractivity contribution in [3.63, 3.8) is 0 Å². The van der Waals surface area contributed by atoms with Crippen LogP contribution < -0.4 is 9.80 Å². The molecule has 20 heavy (non-hydrogen) atoms. The zero-order valence-corrected chi connectivity index (χ0v) is 13.3. The molecular formula is C17H21N2S+. The van der Waals surface area contributed by atoms with E-state index in [2.05, 4.69) is 75.5 Å². The standard InChI is InChI=1S/C17H20N2S/c1-12-5-10-15-16(11-12)20-17(19(15)4)13-6-8-14(9-7-13)18(2)3/h5-11,14H,1-4H3/p+1. The molecule has 1 aliphatic carbocycles. The van der Waals surface area contributed by atoms with Crippen LogP contribution >= 0.6 is 11.8 Å². The van der Waals surface area contributed by atoms with Crippen molar-refractivity contribution < 1.29 is 4.90 Å². The smallest absolute Gasteiger partial charge is 0.125 e. The summed E-state index contributed by atoms with van der Waals surface area (Å²) in [5.74, 6) is 0. The fourth-order valence-electron chi connectivity index (χ4n) is 2.58. The van der Waals surface area contributed by atoms with E-state index in [9.17, 15) is 0 Å². The zero-order valence-electron chi connectivity index (χ0n) is 12.5. The topological polar surface area (TPSA) is 7.68 Å². The van der Waals surface area contributed by atoms with Gasteiger partial charge in [0, 0.05) is 17.5 Å². The lowest BCUT2D eigenvalue weighted by Gasteiger charge is -2.20. The van der Waals surface area contributed by atoms with E-state index < -0.39 is 0 Å². The number of fused-ring (bicyclic) bond motifs is 1. The van der Waals surface area contributed by atoms with Crippen molar-refractivity contribution >= 4 is 17.4 Å². The predicted molar refractivity (Wildman–Crippen MR) is 87.3 cm³/mol. The molecule has 0 atom stereocenters. The molecule has 1 aromatic rings. The van der Waals surface area contributed by atoms with Crippen molar-refractivity contribution in [1.82, 2.24) is 0 Å². The molecule has 0 bridgehead atoms. The van der Waals surface area contributed by atoms with Gasteiger partial charge >= 0.3 is 0 Å². The number of thioether (sulfide) groups is 1. The molecule has 0 radical (unpaired) electrons. The Morgan fingerprint density at radius 2 is 1.85 bits per heavy atom. The summed E-state index contributed by atoms with van der Waals surface area (Å²) in [7, 11) is 6.53. The summed E-state index contributed by atoms with van der Waals surface area (Å²) in [6, 6.07) is 7.16. The van der Waals surface area contributed by atoms with Gasteiger partial charge in [0.2, 0.25) is 0 Å². The Kier molecular flexibility index (Phi) is 3.48. The fraction of sp³-hybridized carbons (Fsp3) is 0.294. The Labute approximate surface area is 125 Å². The van der Waals surface area contributed by atoms with Gasteiger partial charge in [-0.15, -0.1) is 0 Å². The van der Waals surface area contributed by atoms with Crippen LogP contribution in [0.15, 0.2) is 58.0 Å². The van der Waals surface area contributed by atoms with Gasteiger partial charge in [-0.3, -0.25) is 0 Å². The van der Waals surface area contributed by atoms with Crippen LogP contribution in [0.2, 0.25) is 0 Å². The molecule has 1 heterocycles. The first-order valence-corrected chi connectivity index (χ1v) is 7.81. The van der Waals surface area contributed by atoms with Crippen LogP contribution in [0.3, 0.4) is 0 Å². The quantitative estimate of drug-likeness (QED) is 0.847. The molecule has 1 aliphatic heterocycles. The van der Waals surface area contributed by atoms with Crippen molar-refractivity contribution in [2.45, 2.75) is 17.9 Å². The van der Waals surface area contributed by atoms with Crippen LogP contribution in [0.4, 0.5) is 5.69 Å². The Hall–Kier alpha value is -1.45. The van der Waals surface area contributed by atoms with Gasteiger partial charge in [0.1, 0.15) is 6.04 Å². The number of allylic oxidation sites excluding steroid dienone is 3. The van der Waals surface area contributed by atoms with Gasteiger partial charge in [0.25, 0.3) is 0 Å². The van der Waals surface area contributed by atoms with E-state index in [0.29, 0.717) is 6.04 Å². The summed E-state index contributed by atoms with van der Waals surface area (Å²) >= 11 is 1.87. The Balaban J connectivity index is 1.93. The van der Waals surface area contributed by atoms with E-state index >= 15 is 0 Å². The van der Waals surface area contributed by atoms with E-state index in [-0.39, 0.29) is 0 Å². The fourth-order valence-corrected chi connectivity index (χ4v) is 3.83. The molecule has 2 nitrogen and oxygen atoms in total. The van der Waals surface area contributed by atoms with Gasteiger partial charge in [0.15, 0.2) is 0 Å². The van der Waals surface area contributed by atoms with E-state index in [1.54, 1.807) is 0 Å². The van der Waals surface area contributed by atoms with Crippen LogP contribution in [0.1, 0.15) is 5.56 Å². The third kappa shape index (κ3) is 2.32. The summed E-state index contributed by atoms with van der Waals surface area (Å²) in [6.45, 7) is 2.15. The van der Waals surface area contributed by atoms with Crippen LogP contribution in [-0.4, -0.2) is 27.2 Å². The van der Waals surface area contributed by atoms with Crippen molar-refractivity contribution in [3.8, 4) is 0 Å². The third-order valence-electron chi connectivity index (χ3n) is 3.87. The summed E-state index contributed by atoms with van der Waals surface area (Å²) in [4.78, 5) is 5.09. The molecule has 2 aliphatic rings. The average molecular weight is 285 g/mol. The van der Waals surface area contributed by atoms with Gasteiger partial charge in [0.05, 0.1) is 24.8 Å². The number of anilines is 1. The van der Waals surface area contributed by atoms with Gasteiger partial charge in [-0.25, -0.2) is 0 Å². The van der Waals surface area contributed by atoms with Crippen molar-refractivity contribution in [1.29, 1.82) is 0 Å². The van der Waals surface area contributed by atoms with Crippen LogP contribution in [0.25, 0.3) is 0 Å². The summed E-state index contributed by atoms with van der Waals surface area (Å²) in [5, 5.41) is 1.32. The van der Waals surface area contributed by atoms with Crippen molar-refractivity contribution in [2.75, 3.05) is 26.0 Å². The first kappa shape index (κ1) is 13.5. The number of quaternary nitrogens is 1. The minimum atomic E-state index is 0.487. The molecule has 3 rings (SSSR count).